The first-order chi connectivity index (χ1) is 6.47. The number of nitrogens with zero attached hydrogens (tertiary/aromatic N) is 3. The van der Waals surface area contributed by atoms with E-state index in [9.17, 15) is 13.2 Å². The molecule has 14 heavy (non-hydrogen) atoms. The molecule has 78 valence electrons. The van der Waals surface area contributed by atoms with Crippen LogP contribution in [0.25, 0.3) is 0 Å². The van der Waals surface area contributed by atoms with Gasteiger partial charge in [-0.2, -0.15) is 23.7 Å². The fourth-order valence-corrected chi connectivity index (χ4v) is 0.948. The predicted molar refractivity (Wildman–Crippen MR) is 41.7 cm³/mol. The SMILES string of the molecule is N#CCN(CC#N)C(CN)C(F)(F)F. The first kappa shape index (κ1) is 12.7. The maximum absolute atomic E-state index is 12.3. The van der Waals surface area contributed by atoms with Gasteiger partial charge >= 0.3 is 6.18 Å². The third kappa shape index (κ3) is 3.60. The van der Waals surface area contributed by atoms with Crippen molar-refractivity contribution in [3.63, 3.8) is 0 Å². The molecule has 4 nitrogen and oxygen atoms in total. The van der Waals surface area contributed by atoms with E-state index in [1.54, 1.807) is 12.1 Å². The van der Waals surface area contributed by atoms with Gasteiger partial charge in [-0.15, -0.1) is 0 Å². The molecule has 0 aromatic heterocycles. The van der Waals surface area contributed by atoms with Crippen LogP contribution in [0.3, 0.4) is 0 Å². The lowest BCUT2D eigenvalue weighted by Gasteiger charge is -2.27. The summed E-state index contributed by atoms with van der Waals surface area (Å²) in [5.41, 5.74) is 4.94. The summed E-state index contributed by atoms with van der Waals surface area (Å²) in [6, 6.07) is 1.19. The van der Waals surface area contributed by atoms with Crippen LogP contribution in [-0.2, 0) is 0 Å². The molecule has 1 unspecified atom stereocenters. The molecular weight excluding hydrogens is 197 g/mol. The minimum absolute atomic E-state index is 0.463. The minimum Gasteiger partial charge on any atom is -0.329 e. The highest BCUT2D eigenvalue weighted by atomic mass is 19.4. The highest BCUT2D eigenvalue weighted by Gasteiger charge is 2.42. The molecule has 0 radical (unpaired) electrons. The molecule has 0 saturated carbocycles. The van der Waals surface area contributed by atoms with Gasteiger partial charge < -0.3 is 5.73 Å². The Morgan fingerprint density at radius 1 is 1.21 bits per heavy atom. The van der Waals surface area contributed by atoms with Crippen molar-refractivity contribution in [1.82, 2.24) is 4.90 Å². The zero-order valence-corrected chi connectivity index (χ0v) is 7.25. The Balaban J connectivity index is 4.61. The summed E-state index contributed by atoms with van der Waals surface area (Å²) in [5.74, 6) is 0. The molecular formula is C7H9F3N4. The van der Waals surface area contributed by atoms with Crippen molar-refractivity contribution in [2.75, 3.05) is 19.6 Å². The van der Waals surface area contributed by atoms with E-state index >= 15 is 0 Å². The second-order valence-corrected chi connectivity index (χ2v) is 2.51. The number of alkyl halides is 3. The summed E-state index contributed by atoms with van der Waals surface area (Å²) >= 11 is 0. The van der Waals surface area contributed by atoms with Crippen LogP contribution >= 0.6 is 0 Å². The number of nitrogens with two attached hydrogens (primary N) is 1. The Morgan fingerprint density at radius 3 is 1.86 bits per heavy atom. The van der Waals surface area contributed by atoms with Crippen LogP contribution in [0.1, 0.15) is 0 Å². The second kappa shape index (κ2) is 5.43. The predicted octanol–water partition coefficient (Wildman–Crippen LogP) is 0.225. The maximum Gasteiger partial charge on any atom is 0.405 e. The summed E-state index contributed by atoms with van der Waals surface area (Å²) in [4.78, 5) is 0.694. The summed E-state index contributed by atoms with van der Waals surface area (Å²) in [7, 11) is 0. The third-order valence-electron chi connectivity index (χ3n) is 1.59. The summed E-state index contributed by atoms with van der Waals surface area (Å²) in [6.45, 7) is -1.59. The molecule has 1 atom stereocenters. The zero-order chi connectivity index (χ0) is 11.2. The highest BCUT2D eigenvalue weighted by molar-refractivity contribution is 4.91. The van der Waals surface area contributed by atoms with Crippen molar-refractivity contribution in [2.24, 2.45) is 5.73 Å². The minimum atomic E-state index is -4.51. The van der Waals surface area contributed by atoms with E-state index in [0.717, 1.165) is 0 Å². The van der Waals surface area contributed by atoms with Gasteiger partial charge in [0, 0.05) is 6.54 Å². The number of nitriles is 2. The van der Waals surface area contributed by atoms with Crippen molar-refractivity contribution in [1.29, 1.82) is 10.5 Å². The molecule has 0 saturated heterocycles. The molecule has 0 aliphatic carbocycles. The van der Waals surface area contributed by atoms with Gasteiger partial charge in [0.1, 0.15) is 6.04 Å². The molecule has 7 heteroatoms. The van der Waals surface area contributed by atoms with Crippen LogP contribution < -0.4 is 5.73 Å². The average Bonchev–Trinajstić information content (AvgIpc) is 2.03. The average molecular weight is 206 g/mol. The van der Waals surface area contributed by atoms with Crippen molar-refractivity contribution in [2.45, 2.75) is 12.2 Å². The number of halogens is 3. The number of hydrogen-bond acceptors (Lipinski definition) is 4. The zero-order valence-electron chi connectivity index (χ0n) is 7.25. The Hall–Kier alpha value is -1.31. The Kier molecular flexibility index (Phi) is 4.92. The van der Waals surface area contributed by atoms with Gasteiger partial charge in [0.2, 0.25) is 0 Å². The van der Waals surface area contributed by atoms with Crippen LogP contribution in [0.2, 0.25) is 0 Å². The van der Waals surface area contributed by atoms with Gasteiger partial charge in [-0.25, -0.2) is 0 Å². The smallest absolute Gasteiger partial charge is 0.329 e. The molecule has 2 N–H and O–H groups in total. The first-order valence-electron chi connectivity index (χ1n) is 3.72. The fraction of sp³-hybridized carbons (Fsp3) is 0.714. The van der Waals surface area contributed by atoms with Crippen LogP contribution in [0.5, 0.6) is 0 Å². The van der Waals surface area contributed by atoms with E-state index in [4.69, 9.17) is 16.3 Å². The standard InChI is InChI=1S/C7H9F3N4/c8-7(9,10)6(5-13)14(3-1-11)4-2-12/h6H,3-5,13H2. The van der Waals surface area contributed by atoms with Gasteiger partial charge in [-0.05, 0) is 0 Å². The summed E-state index contributed by atoms with van der Waals surface area (Å²) < 4.78 is 36.8. The topological polar surface area (TPSA) is 76.8 Å². The van der Waals surface area contributed by atoms with Crippen molar-refractivity contribution < 1.29 is 13.2 Å². The van der Waals surface area contributed by atoms with Crippen molar-refractivity contribution in [3.05, 3.63) is 0 Å². The maximum atomic E-state index is 12.3. The van der Waals surface area contributed by atoms with Gasteiger partial charge in [-0.1, -0.05) is 0 Å². The van der Waals surface area contributed by atoms with E-state index in [2.05, 4.69) is 0 Å². The largest absolute Gasteiger partial charge is 0.405 e. The number of hydrogen-bond donors (Lipinski definition) is 1. The normalized spacial score (nSPS) is 13.4. The van der Waals surface area contributed by atoms with E-state index < -0.39 is 31.9 Å². The third-order valence-corrected chi connectivity index (χ3v) is 1.59. The highest BCUT2D eigenvalue weighted by Crippen LogP contribution is 2.23. The molecule has 0 aliphatic heterocycles. The molecule has 0 amide bonds. The van der Waals surface area contributed by atoms with E-state index in [-0.39, 0.29) is 0 Å². The molecule has 0 fully saturated rings. The molecule has 0 aromatic rings. The number of rotatable bonds is 4. The Labute approximate surface area is 79.3 Å². The molecule has 0 heterocycles. The second-order valence-electron chi connectivity index (χ2n) is 2.51. The lowest BCUT2D eigenvalue weighted by atomic mass is 10.2. The van der Waals surface area contributed by atoms with Crippen LogP contribution in [0.15, 0.2) is 0 Å². The van der Waals surface area contributed by atoms with Crippen LogP contribution in [-0.4, -0.2) is 36.8 Å². The van der Waals surface area contributed by atoms with Gasteiger partial charge in [0.25, 0.3) is 0 Å². The lowest BCUT2D eigenvalue weighted by molar-refractivity contribution is -0.177. The van der Waals surface area contributed by atoms with Crippen LogP contribution in [0.4, 0.5) is 13.2 Å². The Morgan fingerprint density at radius 2 is 1.64 bits per heavy atom. The van der Waals surface area contributed by atoms with Crippen molar-refractivity contribution >= 4 is 0 Å². The molecule has 0 spiro atoms. The summed E-state index contributed by atoms with van der Waals surface area (Å²) in [5, 5.41) is 16.5. The monoisotopic (exact) mass is 206 g/mol. The van der Waals surface area contributed by atoms with Crippen molar-refractivity contribution in [3.8, 4) is 12.1 Å². The molecule has 0 aromatic carbocycles. The van der Waals surface area contributed by atoms with E-state index in [1.807, 2.05) is 0 Å². The molecule has 0 aliphatic rings. The van der Waals surface area contributed by atoms with Crippen LogP contribution in [0, 0.1) is 22.7 Å². The quantitative estimate of drug-likeness (QED) is 0.668. The van der Waals surface area contributed by atoms with Gasteiger partial charge in [-0.3, -0.25) is 4.90 Å². The fourth-order valence-electron chi connectivity index (χ4n) is 0.948. The van der Waals surface area contributed by atoms with Gasteiger partial charge in [0.05, 0.1) is 25.2 Å². The summed E-state index contributed by atoms with van der Waals surface area (Å²) in [6.07, 6.45) is -4.51. The van der Waals surface area contributed by atoms with Gasteiger partial charge in [0.15, 0.2) is 0 Å². The lowest BCUT2D eigenvalue weighted by Crippen LogP contribution is -2.50. The van der Waals surface area contributed by atoms with E-state index in [1.165, 1.54) is 0 Å². The Bertz CT molecular complexity index is 233. The molecule has 0 rings (SSSR count). The van der Waals surface area contributed by atoms with E-state index in [0.29, 0.717) is 4.90 Å². The first-order valence-corrected chi connectivity index (χ1v) is 3.72. The molecule has 0 bridgehead atoms.